The van der Waals surface area contributed by atoms with Gasteiger partial charge in [-0.1, -0.05) is 59.7 Å². The minimum Gasteiger partial charge on any atom is -0.272 e. The van der Waals surface area contributed by atoms with E-state index in [4.69, 9.17) is 0 Å². The summed E-state index contributed by atoms with van der Waals surface area (Å²) >= 11 is 0. The first-order valence-corrected chi connectivity index (χ1v) is 7.10. The molecule has 0 spiro atoms. The summed E-state index contributed by atoms with van der Waals surface area (Å²) in [5.74, 6) is -0.962. The van der Waals surface area contributed by atoms with Gasteiger partial charge in [0.2, 0.25) is 0 Å². The third-order valence-electron chi connectivity index (χ3n) is 3.67. The Morgan fingerprint density at radius 3 is 1.62 bits per heavy atom. The molecule has 0 aromatic heterocycles. The maximum Gasteiger partial charge on any atom is 0.251 e. The largest absolute Gasteiger partial charge is 0.272 e. The van der Waals surface area contributed by atoms with Crippen molar-refractivity contribution in [2.45, 2.75) is 26.7 Å². The van der Waals surface area contributed by atoms with Gasteiger partial charge in [-0.15, -0.1) is 4.48 Å². The molecule has 0 saturated carbocycles. The second kappa shape index (κ2) is 7.02. The van der Waals surface area contributed by atoms with Gasteiger partial charge in [0.25, 0.3) is 5.91 Å². The quantitative estimate of drug-likeness (QED) is 0.834. The van der Waals surface area contributed by atoms with Crippen molar-refractivity contribution >= 4 is 5.91 Å². The molecule has 3 heteroatoms. The number of carbonyl (C=O) groups excluding carboxylic acids is 1. The van der Waals surface area contributed by atoms with Gasteiger partial charge in [-0.05, 0) is 37.8 Å². The van der Waals surface area contributed by atoms with Crippen LogP contribution in [0.1, 0.15) is 22.3 Å². The molecule has 0 unspecified atom stereocenters. The van der Waals surface area contributed by atoms with Gasteiger partial charge in [0, 0.05) is 5.92 Å². The van der Waals surface area contributed by atoms with Gasteiger partial charge < -0.3 is 0 Å². The Morgan fingerprint density at radius 2 is 1.29 bits per heavy atom. The average molecular weight is 285 g/mol. The summed E-state index contributed by atoms with van der Waals surface area (Å²) in [4.78, 5) is 11.8. The van der Waals surface area contributed by atoms with Crippen molar-refractivity contribution in [3.05, 3.63) is 70.8 Å². The topological polar surface area (TPSA) is 29.1 Å². The van der Waals surface area contributed by atoms with Crippen molar-refractivity contribution in [1.82, 2.24) is 5.54 Å². The SMILES string of the molecule is Cc1ccc(CC(Cc2ccc(C)cc2)C(=O)NF)cc1. The molecule has 0 atom stereocenters. The van der Waals surface area contributed by atoms with Gasteiger partial charge >= 0.3 is 0 Å². The fraction of sp³-hybridized carbons (Fsp3) is 0.278. The first kappa shape index (κ1) is 15.2. The monoisotopic (exact) mass is 285 g/mol. The van der Waals surface area contributed by atoms with E-state index < -0.39 is 11.8 Å². The molecule has 2 rings (SSSR count). The fourth-order valence-electron chi connectivity index (χ4n) is 2.35. The fourth-order valence-corrected chi connectivity index (χ4v) is 2.35. The Hall–Kier alpha value is -2.16. The molecule has 2 nitrogen and oxygen atoms in total. The predicted molar refractivity (Wildman–Crippen MR) is 82.5 cm³/mol. The van der Waals surface area contributed by atoms with E-state index in [2.05, 4.69) is 0 Å². The minimum absolute atomic E-state index is 0.402. The molecule has 1 N–H and O–H groups in total. The number of hydrogen-bond donors (Lipinski definition) is 1. The van der Waals surface area contributed by atoms with Crippen LogP contribution in [0.2, 0.25) is 0 Å². The normalized spacial score (nSPS) is 10.7. The molecule has 0 aliphatic heterocycles. The van der Waals surface area contributed by atoms with Crippen LogP contribution in [0.15, 0.2) is 48.5 Å². The van der Waals surface area contributed by atoms with Crippen LogP contribution < -0.4 is 5.54 Å². The highest BCUT2D eigenvalue weighted by Gasteiger charge is 2.19. The number of rotatable bonds is 5. The summed E-state index contributed by atoms with van der Waals surface area (Å²) in [7, 11) is 0. The zero-order chi connectivity index (χ0) is 15.2. The number of amides is 1. The van der Waals surface area contributed by atoms with Gasteiger partial charge in [0.05, 0.1) is 0 Å². The lowest BCUT2D eigenvalue weighted by atomic mass is 9.91. The van der Waals surface area contributed by atoms with Gasteiger partial charge in [-0.2, -0.15) is 5.54 Å². The van der Waals surface area contributed by atoms with Crippen LogP contribution in [0.5, 0.6) is 0 Å². The Labute approximate surface area is 124 Å². The number of aryl methyl sites for hydroxylation is 2. The lowest BCUT2D eigenvalue weighted by molar-refractivity contribution is -0.129. The zero-order valence-electron chi connectivity index (χ0n) is 12.4. The van der Waals surface area contributed by atoms with Crippen molar-refractivity contribution in [1.29, 1.82) is 0 Å². The smallest absolute Gasteiger partial charge is 0.251 e. The van der Waals surface area contributed by atoms with E-state index in [9.17, 15) is 9.28 Å². The molecule has 0 aliphatic carbocycles. The summed E-state index contributed by atoms with van der Waals surface area (Å²) in [5.41, 5.74) is 5.72. The molecule has 0 aliphatic rings. The Kier molecular flexibility index (Phi) is 5.09. The number of benzene rings is 2. The molecule has 0 heterocycles. The molecule has 2 aromatic carbocycles. The highest BCUT2D eigenvalue weighted by Crippen LogP contribution is 2.16. The van der Waals surface area contributed by atoms with Crippen molar-refractivity contribution in [3.8, 4) is 0 Å². The highest BCUT2D eigenvalue weighted by atomic mass is 19.2. The van der Waals surface area contributed by atoms with Crippen LogP contribution in [0.25, 0.3) is 0 Å². The lowest BCUT2D eigenvalue weighted by Gasteiger charge is -2.15. The predicted octanol–water partition coefficient (Wildman–Crippen LogP) is 3.71. The van der Waals surface area contributed by atoms with E-state index in [1.54, 1.807) is 0 Å². The minimum atomic E-state index is -0.559. The summed E-state index contributed by atoms with van der Waals surface area (Å²) in [6.07, 6.45) is 1.06. The number of halogens is 1. The molecule has 110 valence electrons. The molecule has 0 bridgehead atoms. The average Bonchev–Trinajstić information content (AvgIpc) is 2.50. The molecule has 0 radical (unpaired) electrons. The molecule has 0 saturated heterocycles. The number of nitrogens with one attached hydrogen (secondary N) is 1. The van der Waals surface area contributed by atoms with Gasteiger partial charge in [0.1, 0.15) is 0 Å². The van der Waals surface area contributed by atoms with Gasteiger partial charge in [-0.3, -0.25) is 4.79 Å². The van der Waals surface area contributed by atoms with Crippen LogP contribution in [0, 0.1) is 19.8 Å². The van der Waals surface area contributed by atoms with E-state index in [0.29, 0.717) is 12.8 Å². The number of carbonyl (C=O) groups is 1. The van der Waals surface area contributed by atoms with E-state index in [-0.39, 0.29) is 0 Å². The zero-order valence-corrected chi connectivity index (χ0v) is 12.4. The second-order valence-corrected chi connectivity index (χ2v) is 5.54. The van der Waals surface area contributed by atoms with Crippen LogP contribution in [-0.2, 0) is 17.6 Å². The van der Waals surface area contributed by atoms with E-state index in [1.165, 1.54) is 16.7 Å². The van der Waals surface area contributed by atoms with Crippen LogP contribution >= 0.6 is 0 Å². The maximum absolute atomic E-state index is 12.6. The molecule has 2 aromatic rings. The van der Waals surface area contributed by atoms with Gasteiger partial charge in [-0.25, -0.2) is 0 Å². The Morgan fingerprint density at radius 1 is 0.905 bits per heavy atom. The standard InChI is InChI=1S/C18H20FNO/c1-13-3-7-15(8-4-13)11-17(18(21)20-19)12-16-9-5-14(2)6-10-16/h3-10,17H,11-12H2,1-2H3,(H,20,21). The summed E-state index contributed by atoms with van der Waals surface area (Å²) < 4.78 is 12.6. The Balaban J connectivity index is 2.12. The Bertz CT molecular complexity index is 542. The summed E-state index contributed by atoms with van der Waals surface area (Å²) in [5, 5.41) is 0. The second-order valence-electron chi connectivity index (χ2n) is 5.54. The third-order valence-corrected chi connectivity index (χ3v) is 3.67. The molecule has 1 amide bonds. The third kappa shape index (κ3) is 4.42. The van der Waals surface area contributed by atoms with Crippen LogP contribution in [0.3, 0.4) is 0 Å². The van der Waals surface area contributed by atoms with Crippen LogP contribution in [0.4, 0.5) is 4.48 Å². The van der Waals surface area contributed by atoms with Crippen molar-refractivity contribution in [2.24, 2.45) is 5.92 Å². The van der Waals surface area contributed by atoms with E-state index >= 15 is 0 Å². The van der Waals surface area contributed by atoms with Crippen LogP contribution in [-0.4, -0.2) is 5.91 Å². The molecular formula is C18H20FNO. The first-order chi connectivity index (χ1) is 10.1. The van der Waals surface area contributed by atoms with Crippen molar-refractivity contribution in [2.75, 3.05) is 0 Å². The number of hydrogen-bond acceptors (Lipinski definition) is 1. The maximum atomic E-state index is 12.6. The lowest BCUT2D eigenvalue weighted by Crippen LogP contribution is -2.28. The first-order valence-electron chi connectivity index (χ1n) is 7.10. The van der Waals surface area contributed by atoms with Crippen molar-refractivity contribution in [3.63, 3.8) is 0 Å². The van der Waals surface area contributed by atoms with Gasteiger partial charge in [0.15, 0.2) is 0 Å². The van der Waals surface area contributed by atoms with E-state index in [0.717, 1.165) is 11.1 Å². The molecule has 21 heavy (non-hydrogen) atoms. The molecule has 0 fully saturated rings. The highest BCUT2D eigenvalue weighted by molar-refractivity contribution is 5.78. The van der Waals surface area contributed by atoms with E-state index in [1.807, 2.05) is 62.4 Å². The molecular weight excluding hydrogens is 265 g/mol. The summed E-state index contributed by atoms with van der Waals surface area (Å²) in [6, 6.07) is 16.0. The van der Waals surface area contributed by atoms with Crippen molar-refractivity contribution < 1.29 is 9.28 Å². The summed E-state index contributed by atoms with van der Waals surface area (Å²) in [6.45, 7) is 4.03.